The highest BCUT2D eigenvalue weighted by Crippen LogP contribution is 2.41. The second kappa shape index (κ2) is 8.96. The number of carboxylic acids is 1. The Bertz CT molecular complexity index is 1590. The van der Waals surface area contributed by atoms with Crippen LogP contribution in [0.5, 0.6) is 0 Å². The van der Waals surface area contributed by atoms with Gasteiger partial charge in [0.2, 0.25) is 0 Å². The molecule has 3 heterocycles. The molecule has 1 unspecified atom stereocenters. The molecule has 1 aliphatic heterocycles. The highest BCUT2D eigenvalue weighted by atomic mass is 19.1. The van der Waals surface area contributed by atoms with Crippen molar-refractivity contribution >= 4 is 23.6 Å². The minimum absolute atomic E-state index is 0.0592. The van der Waals surface area contributed by atoms with Crippen LogP contribution in [0.2, 0.25) is 0 Å². The fraction of sp³-hybridized carbons (Fsp3) is 0.241. The quantitative estimate of drug-likeness (QED) is 0.380. The Hall–Kier alpha value is -4.33. The molecule has 37 heavy (non-hydrogen) atoms. The molecule has 0 radical (unpaired) electrons. The van der Waals surface area contributed by atoms with E-state index in [1.54, 1.807) is 22.7 Å². The molecule has 1 N–H and O–H groups in total. The molecule has 0 bridgehead atoms. The van der Waals surface area contributed by atoms with E-state index in [9.17, 15) is 9.59 Å². The van der Waals surface area contributed by atoms with Crippen molar-refractivity contribution in [3.05, 3.63) is 94.6 Å². The first-order valence-corrected chi connectivity index (χ1v) is 12.4. The summed E-state index contributed by atoms with van der Waals surface area (Å²) in [6.07, 6.45) is 4.92. The smallest absolute Gasteiger partial charge is 0.328 e. The molecule has 6 rings (SSSR count). The number of hydrogen-bond acceptors (Lipinski definition) is 4. The van der Waals surface area contributed by atoms with Gasteiger partial charge in [0.25, 0.3) is 5.91 Å². The van der Waals surface area contributed by atoms with Crippen LogP contribution in [0.15, 0.2) is 60.7 Å². The lowest BCUT2D eigenvalue weighted by Gasteiger charge is -2.35. The lowest BCUT2D eigenvalue weighted by molar-refractivity contribution is -0.131. The van der Waals surface area contributed by atoms with Gasteiger partial charge in [-0.05, 0) is 55.5 Å². The summed E-state index contributed by atoms with van der Waals surface area (Å²) in [5.74, 6) is -1.56. The summed E-state index contributed by atoms with van der Waals surface area (Å²) in [7, 11) is 0. The van der Waals surface area contributed by atoms with Crippen molar-refractivity contribution in [3.8, 4) is 11.3 Å². The highest BCUT2D eigenvalue weighted by molar-refractivity contribution is 5.93. The SMILES string of the molecule is CC1c2ccccc2CCN1C(=O)c1cc(C2CC2)n2nc(-c3cccc(/C=C/C(=O)O)c3F)cc2n1. The molecule has 0 spiro atoms. The first-order valence-electron chi connectivity index (χ1n) is 12.4. The van der Waals surface area contributed by atoms with Crippen LogP contribution in [-0.4, -0.2) is 43.0 Å². The van der Waals surface area contributed by atoms with Crippen LogP contribution in [0, 0.1) is 5.82 Å². The van der Waals surface area contributed by atoms with Crippen molar-refractivity contribution in [2.24, 2.45) is 0 Å². The summed E-state index contributed by atoms with van der Waals surface area (Å²) in [6.45, 7) is 2.66. The van der Waals surface area contributed by atoms with Crippen LogP contribution in [-0.2, 0) is 11.2 Å². The van der Waals surface area contributed by atoms with E-state index in [2.05, 4.69) is 22.2 Å². The Balaban J connectivity index is 1.40. The van der Waals surface area contributed by atoms with Gasteiger partial charge in [-0.1, -0.05) is 36.4 Å². The first kappa shape index (κ1) is 23.1. The van der Waals surface area contributed by atoms with E-state index < -0.39 is 11.8 Å². The largest absolute Gasteiger partial charge is 0.478 e. The van der Waals surface area contributed by atoms with Crippen molar-refractivity contribution in [3.63, 3.8) is 0 Å². The zero-order valence-corrected chi connectivity index (χ0v) is 20.3. The molecular formula is C29H25FN4O3. The maximum atomic E-state index is 15.2. The zero-order valence-electron chi connectivity index (χ0n) is 20.3. The third kappa shape index (κ3) is 4.18. The summed E-state index contributed by atoms with van der Waals surface area (Å²) in [4.78, 5) is 31.1. The normalized spacial score (nSPS) is 17.4. The van der Waals surface area contributed by atoms with Gasteiger partial charge in [0, 0.05) is 41.4 Å². The summed E-state index contributed by atoms with van der Waals surface area (Å²) >= 11 is 0. The molecule has 2 aliphatic rings. The maximum absolute atomic E-state index is 15.2. The number of rotatable bonds is 5. The van der Waals surface area contributed by atoms with Crippen LogP contribution in [0.25, 0.3) is 23.0 Å². The van der Waals surface area contributed by atoms with E-state index in [0.29, 0.717) is 23.6 Å². The zero-order chi connectivity index (χ0) is 25.7. The van der Waals surface area contributed by atoms with E-state index in [4.69, 9.17) is 5.11 Å². The number of fused-ring (bicyclic) bond motifs is 2. The fourth-order valence-electron chi connectivity index (χ4n) is 5.14. The minimum atomic E-state index is -1.15. The van der Waals surface area contributed by atoms with E-state index in [1.807, 2.05) is 30.0 Å². The van der Waals surface area contributed by atoms with Crippen molar-refractivity contribution in [1.29, 1.82) is 0 Å². The summed E-state index contributed by atoms with van der Waals surface area (Å²) in [5, 5.41) is 13.5. The lowest BCUT2D eigenvalue weighted by atomic mass is 9.93. The Labute approximate surface area is 212 Å². The summed E-state index contributed by atoms with van der Waals surface area (Å²) in [6, 6.07) is 16.4. The Morgan fingerprint density at radius 2 is 1.92 bits per heavy atom. The van der Waals surface area contributed by atoms with Gasteiger partial charge in [-0.2, -0.15) is 5.10 Å². The van der Waals surface area contributed by atoms with E-state index >= 15 is 4.39 Å². The Morgan fingerprint density at radius 1 is 1.11 bits per heavy atom. The molecule has 0 saturated heterocycles. The molecule has 1 atom stereocenters. The van der Waals surface area contributed by atoms with Gasteiger partial charge >= 0.3 is 5.97 Å². The molecule has 2 aromatic carbocycles. The average molecular weight is 497 g/mol. The molecule has 1 fully saturated rings. The van der Waals surface area contributed by atoms with E-state index in [0.717, 1.165) is 36.6 Å². The number of nitrogens with zero attached hydrogens (tertiary/aromatic N) is 4. The monoisotopic (exact) mass is 496 g/mol. The van der Waals surface area contributed by atoms with Gasteiger partial charge in [-0.3, -0.25) is 4.79 Å². The van der Waals surface area contributed by atoms with Crippen LogP contribution in [0.4, 0.5) is 4.39 Å². The van der Waals surface area contributed by atoms with Crippen LogP contribution >= 0.6 is 0 Å². The van der Waals surface area contributed by atoms with Crippen molar-refractivity contribution in [2.75, 3.05) is 6.54 Å². The summed E-state index contributed by atoms with van der Waals surface area (Å²) < 4.78 is 17.0. The van der Waals surface area contributed by atoms with Crippen molar-refractivity contribution in [1.82, 2.24) is 19.5 Å². The number of aliphatic carboxylic acids is 1. The predicted octanol–water partition coefficient (Wildman–Crippen LogP) is 5.27. The molecule has 186 valence electrons. The third-order valence-corrected chi connectivity index (χ3v) is 7.24. The Morgan fingerprint density at radius 3 is 2.70 bits per heavy atom. The molecule has 8 heteroatoms. The van der Waals surface area contributed by atoms with Gasteiger partial charge in [-0.15, -0.1) is 0 Å². The van der Waals surface area contributed by atoms with Crippen molar-refractivity contribution in [2.45, 2.75) is 38.1 Å². The van der Waals surface area contributed by atoms with Gasteiger partial charge in [-0.25, -0.2) is 18.7 Å². The summed E-state index contributed by atoms with van der Waals surface area (Å²) in [5.41, 5.74) is 4.95. The molecule has 1 saturated carbocycles. The fourth-order valence-corrected chi connectivity index (χ4v) is 5.14. The molecule has 1 aliphatic carbocycles. The third-order valence-electron chi connectivity index (χ3n) is 7.24. The maximum Gasteiger partial charge on any atom is 0.328 e. The van der Waals surface area contributed by atoms with Gasteiger partial charge < -0.3 is 10.0 Å². The second-order valence-corrected chi connectivity index (χ2v) is 9.64. The minimum Gasteiger partial charge on any atom is -0.478 e. The first-order chi connectivity index (χ1) is 17.9. The van der Waals surface area contributed by atoms with Crippen LogP contribution in [0.1, 0.15) is 64.6 Å². The topological polar surface area (TPSA) is 87.8 Å². The molecular weight excluding hydrogens is 471 g/mol. The predicted molar refractivity (Wildman–Crippen MR) is 137 cm³/mol. The molecule has 1 amide bonds. The molecule has 4 aromatic rings. The van der Waals surface area contributed by atoms with Crippen LogP contribution in [0.3, 0.4) is 0 Å². The van der Waals surface area contributed by atoms with E-state index in [1.165, 1.54) is 17.7 Å². The molecule has 7 nitrogen and oxygen atoms in total. The molecule has 2 aromatic heterocycles. The van der Waals surface area contributed by atoms with Gasteiger partial charge in [0.05, 0.1) is 11.7 Å². The van der Waals surface area contributed by atoms with Gasteiger partial charge in [0.15, 0.2) is 5.65 Å². The number of aromatic nitrogens is 3. The number of amides is 1. The van der Waals surface area contributed by atoms with Gasteiger partial charge in [0.1, 0.15) is 11.5 Å². The van der Waals surface area contributed by atoms with Crippen LogP contribution < -0.4 is 0 Å². The van der Waals surface area contributed by atoms with E-state index in [-0.39, 0.29) is 29.0 Å². The lowest BCUT2D eigenvalue weighted by Crippen LogP contribution is -2.39. The number of carbonyl (C=O) groups is 2. The number of hydrogen-bond donors (Lipinski definition) is 1. The number of carbonyl (C=O) groups excluding carboxylic acids is 1. The number of carboxylic acid groups (broad SMARTS) is 1. The van der Waals surface area contributed by atoms with Crippen molar-refractivity contribution < 1.29 is 19.1 Å². The highest BCUT2D eigenvalue weighted by Gasteiger charge is 2.32. The average Bonchev–Trinajstić information content (AvgIpc) is 3.65. The number of halogens is 1. The second-order valence-electron chi connectivity index (χ2n) is 9.64. The standard InChI is InChI=1S/C29H25FN4O3/c1-17-21-7-3-2-5-18(21)13-14-33(17)29(37)24-15-25(19-9-10-19)34-26(31-24)16-23(32-34)22-8-4-6-20(28(22)30)11-12-27(35)36/h2-8,11-12,15-17,19H,9-10,13-14H2,1H3,(H,35,36)/b12-11+. The Kier molecular flexibility index (Phi) is 5.59. The number of benzene rings is 2.